The number of aliphatic hydroxyl groups excluding tert-OH is 1. The number of halogens is 1. The third-order valence-electron chi connectivity index (χ3n) is 6.87. The number of ether oxygens (including phenoxy) is 3. The zero-order chi connectivity index (χ0) is 24.9. The van der Waals surface area contributed by atoms with Crippen molar-refractivity contribution in [1.82, 2.24) is 24.7 Å². The van der Waals surface area contributed by atoms with Crippen LogP contribution in [0.3, 0.4) is 0 Å². The van der Waals surface area contributed by atoms with Crippen LogP contribution in [-0.2, 0) is 9.47 Å². The first-order valence-corrected chi connectivity index (χ1v) is 12.3. The summed E-state index contributed by atoms with van der Waals surface area (Å²) < 4.78 is 19.0. The average molecular weight is 516 g/mol. The minimum absolute atomic E-state index is 0.251. The van der Waals surface area contributed by atoms with Gasteiger partial charge in [-0.05, 0) is 41.0 Å². The summed E-state index contributed by atoms with van der Waals surface area (Å²) in [5.74, 6) is 0. The zero-order valence-electron chi connectivity index (χ0n) is 19.5. The Hall–Kier alpha value is -3.76. The number of aromatic amines is 1. The SMILES string of the molecule is OC1COC2C(Oc3nc4cc(-c5ccc(-c6ccc(-n7cncn7)cc6)cc5)c(Cl)cc4[nH]3)COC12. The summed E-state index contributed by atoms with van der Waals surface area (Å²) in [7, 11) is 0. The summed E-state index contributed by atoms with van der Waals surface area (Å²) in [5.41, 5.74) is 6.53. The molecule has 2 saturated heterocycles. The summed E-state index contributed by atoms with van der Waals surface area (Å²) in [6.07, 6.45) is 1.57. The zero-order valence-corrected chi connectivity index (χ0v) is 20.2. The lowest BCUT2D eigenvalue weighted by Gasteiger charge is -2.15. The molecule has 0 bridgehead atoms. The number of aliphatic hydroxyl groups is 1. The highest BCUT2D eigenvalue weighted by Gasteiger charge is 2.48. The molecule has 7 rings (SSSR count). The van der Waals surface area contributed by atoms with Crippen LogP contribution in [0.2, 0.25) is 5.02 Å². The van der Waals surface area contributed by atoms with Crippen molar-refractivity contribution >= 4 is 22.6 Å². The van der Waals surface area contributed by atoms with Gasteiger partial charge in [0.05, 0.1) is 35.0 Å². The molecular weight excluding hydrogens is 494 g/mol. The van der Waals surface area contributed by atoms with Crippen LogP contribution in [-0.4, -0.2) is 67.5 Å². The van der Waals surface area contributed by atoms with E-state index in [1.165, 1.54) is 6.33 Å². The van der Waals surface area contributed by atoms with Gasteiger partial charge in [0.2, 0.25) is 0 Å². The van der Waals surface area contributed by atoms with Crippen molar-refractivity contribution in [1.29, 1.82) is 0 Å². The maximum Gasteiger partial charge on any atom is 0.295 e. The normalized spacial score (nSPS) is 23.0. The van der Waals surface area contributed by atoms with Crippen LogP contribution < -0.4 is 4.74 Å². The Morgan fingerprint density at radius 1 is 0.946 bits per heavy atom. The van der Waals surface area contributed by atoms with E-state index in [-0.39, 0.29) is 24.9 Å². The van der Waals surface area contributed by atoms with Crippen LogP contribution in [0.25, 0.3) is 39.0 Å². The van der Waals surface area contributed by atoms with Gasteiger partial charge in [-0.3, -0.25) is 0 Å². The number of aromatic nitrogens is 5. The third-order valence-corrected chi connectivity index (χ3v) is 7.19. The first kappa shape index (κ1) is 22.4. The molecule has 4 heterocycles. The molecule has 5 aromatic rings. The van der Waals surface area contributed by atoms with E-state index in [0.29, 0.717) is 17.6 Å². The van der Waals surface area contributed by atoms with Gasteiger partial charge in [0.25, 0.3) is 6.01 Å². The number of nitrogens with zero attached hydrogens (tertiary/aromatic N) is 4. The average Bonchev–Trinajstić information content (AvgIpc) is 3.71. The molecule has 0 spiro atoms. The summed E-state index contributed by atoms with van der Waals surface area (Å²) >= 11 is 6.66. The Morgan fingerprint density at radius 2 is 1.68 bits per heavy atom. The van der Waals surface area contributed by atoms with Gasteiger partial charge in [-0.25, -0.2) is 9.67 Å². The predicted octanol–water partition coefficient (Wildman–Crippen LogP) is 4.04. The highest BCUT2D eigenvalue weighted by molar-refractivity contribution is 6.34. The third kappa shape index (κ3) is 4.06. The smallest absolute Gasteiger partial charge is 0.295 e. The lowest BCUT2D eigenvalue weighted by molar-refractivity contribution is 0.00706. The standard InChI is InChI=1S/C27H22ClN5O4/c28-20-10-22-21(31-27(32-22)37-24-12-36-25-23(34)11-35-26(24)25)9-19(20)17-3-1-15(2-4-17)16-5-7-18(8-6-16)33-14-29-13-30-33/h1-10,13-14,23-26,34H,11-12H2,(H,31,32). The second kappa shape index (κ2) is 8.97. The highest BCUT2D eigenvalue weighted by atomic mass is 35.5. The minimum Gasteiger partial charge on any atom is -0.456 e. The van der Waals surface area contributed by atoms with E-state index < -0.39 is 6.10 Å². The summed E-state index contributed by atoms with van der Waals surface area (Å²) in [5, 5.41) is 14.7. The van der Waals surface area contributed by atoms with Crippen LogP contribution in [0.5, 0.6) is 6.01 Å². The molecule has 2 aromatic heterocycles. The molecule has 0 amide bonds. The first-order chi connectivity index (χ1) is 18.1. The van der Waals surface area contributed by atoms with E-state index in [2.05, 4.69) is 56.4 Å². The molecule has 2 N–H and O–H groups in total. The fourth-order valence-electron chi connectivity index (χ4n) is 4.96. The fourth-order valence-corrected chi connectivity index (χ4v) is 5.24. The van der Waals surface area contributed by atoms with E-state index in [4.69, 9.17) is 25.8 Å². The van der Waals surface area contributed by atoms with Crippen LogP contribution >= 0.6 is 11.6 Å². The fraction of sp³-hybridized carbons (Fsp3) is 0.222. The Labute approximate surface area is 216 Å². The number of imidazole rings is 1. The van der Waals surface area contributed by atoms with Gasteiger partial charge in [0, 0.05) is 5.56 Å². The minimum atomic E-state index is -0.624. The lowest BCUT2D eigenvalue weighted by atomic mass is 10.00. The van der Waals surface area contributed by atoms with E-state index in [1.807, 2.05) is 24.3 Å². The van der Waals surface area contributed by atoms with E-state index in [1.54, 1.807) is 11.0 Å². The maximum atomic E-state index is 9.95. The second-order valence-electron chi connectivity index (χ2n) is 9.17. The molecule has 9 nitrogen and oxygen atoms in total. The predicted molar refractivity (Wildman–Crippen MR) is 137 cm³/mol. The van der Waals surface area contributed by atoms with Crippen molar-refractivity contribution in [3.05, 3.63) is 78.3 Å². The molecular formula is C27H22ClN5O4. The summed E-state index contributed by atoms with van der Waals surface area (Å²) in [6.45, 7) is 0.590. The highest BCUT2D eigenvalue weighted by Crippen LogP contribution is 2.35. The first-order valence-electron chi connectivity index (χ1n) is 12.0. The maximum absolute atomic E-state index is 9.95. The molecule has 10 heteroatoms. The van der Waals surface area contributed by atoms with Crippen molar-refractivity contribution in [2.75, 3.05) is 13.2 Å². The quantitative estimate of drug-likeness (QED) is 0.364. The molecule has 3 aromatic carbocycles. The lowest BCUT2D eigenvalue weighted by Crippen LogP contribution is -2.34. The van der Waals surface area contributed by atoms with Gasteiger partial charge in [0.15, 0.2) is 6.10 Å². The van der Waals surface area contributed by atoms with Crippen molar-refractivity contribution in [3.63, 3.8) is 0 Å². The number of benzene rings is 3. The Kier molecular flexibility index (Phi) is 5.44. The molecule has 2 aliphatic heterocycles. The molecule has 186 valence electrons. The van der Waals surface area contributed by atoms with Gasteiger partial charge >= 0.3 is 0 Å². The van der Waals surface area contributed by atoms with Crippen molar-refractivity contribution < 1.29 is 19.3 Å². The van der Waals surface area contributed by atoms with Crippen molar-refractivity contribution in [2.45, 2.75) is 24.4 Å². The molecule has 0 saturated carbocycles. The molecule has 2 aliphatic rings. The monoisotopic (exact) mass is 515 g/mol. The van der Waals surface area contributed by atoms with E-state index in [0.717, 1.165) is 39.0 Å². The number of hydrogen-bond acceptors (Lipinski definition) is 7. The van der Waals surface area contributed by atoms with Crippen LogP contribution in [0, 0.1) is 0 Å². The van der Waals surface area contributed by atoms with Gasteiger partial charge in [-0.15, -0.1) is 0 Å². The number of hydrogen-bond donors (Lipinski definition) is 2. The second-order valence-corrected chi connectivity index (χ2v) is 9.58. The number of nitrogens with one attached hydrogen (secondary N) is 1. The topological polar surface area (TPSA) is 107 Å². The Bertz CT molecular complexity index is 1550. The van der Waals surface area contributed by atoms with Crippen molar-refractivity contribution in [2.24, 2.45) is 0 Å². The summed E-state index contributed by atoms with van der Waals surface area (Å²) in [4.78, 5) is 11.8. The molecule has 37 heavy (non-hydrogen) atoms. The van der Waals surface area contributed by atoms with Gasteiger partial charge in [0.1, 0.15) is 31.0 Å². The number of H-pyrrole nitrogens is 1. The number of rotatable bonds is 5. The molecule has 0 aliphatic carbocycles. The van der Waals surface area contributed by atoms with Crippen LogP contribution in [0.4, 0.5) is 0 Å². The molecule has 0 radical (unpaired) electrons. The van der Waals surface area contributed by atoms with Gasteiger partial charge in [-0.2, -0.15) is 10.1 Å². The number of fused-ring (bicyclic) bond motifs is 2. The van der Waals surface area contributed by atoms with E-state index >= 15 is 0 Å². The van der Waals surface area contributed by atoms with Gasteiger partial charge in [-0.1, -0.05) is 48.0 Å². The van der Waals surface area contributed by atoms with Gasteiger partial charge < -0.3 is 24.3 Å². The molecule has 4 unspecified atom stereocenters. The van der Waals surface area contributed by atoms with Crippen LogP contribution in [0.1, 0.15) is 0 Å². The molecule has 4 atom stereocenters. The molecule has 2 fully saturated rings. The Balaban J connectivity index is 1.11. The van der Waals surface area contributed by atoms with E-state index in [9.17, 15) is 5.11 Å². The largest absolute Gasteiger partial charge is 0.456 e. The Morgan fingerprint density at radius 3 is 2.43 bits per heavy atom. The van der Waals surface area contributed by atoms with Crippen LogP contribution in [0.15, 0.2) is 73.3 Å². The van der Waals surface area contributed by atoms with Crippen molar-refractivity contribution in [3.8, 4) is 34.0 Å². The summed E-state index contributed by atoms with van der Waals surface area (Å²) in [6, 6.07) is 20.6.